The summed E-state index contributed by atoms with van der Waals surface area (Å²) in [5, 5.41) is 65.2. The van der Waals surface area contributed by atoms with E-state index in [2.05, 4.69) is 15.6 Å². The normalized spacial score (nSPS) is 33.2. The van der Waals surface area contributed by atoms with Crippen LogP contribution in [0.3, 0.4) is 0 Å². The Hall–Kier alpha value is -2.48. The molecule has 4 aliphatic rings. The van der Waals surface area contributed by atoms with Crippen LogP contribution in [0, 0.1) is 11.8 Å². The van der Waals surface area contributed by atoms with Crippen LogP contribution in [0.15, 0.2) is 6.20 Å². The molecule has 2 aliphatic carbocycles. The molecule has 0 bridgehead atoms. The van der Waals surface area contributed by atoms with E-state index in [1.54, 1.807) is 27.2 Å². The largest absolute Gasteiger partial charge is 0.394 e. The first-order chi connectivity index (χ1) is 30.8. The second-order valence-electron chi connectivity index (χ2n) is 17.6. The fraction of sp³-hybridized carbons (Fsp3) is 0.907. The number of rotatable bonds is 25. The van der Waals surface area contributed by atoms with Gasteiger partial charge in [0.15, 0.2) is 12.6 Å². The molecule has 1 aromatic rings. The summed E-state index contributed by atoms with van der Waals surface area (Å²) in [7, 11) is 3.27. The quantitative estimate of drug-likeness (QED) is 0.0686. The fourth-order valence-electron chi connectivity index (χ4n) is 8.81. The molecule has 64 heavy (non-hydrogen) atoms. The Morgan fingerprint density at radius 3 is 2.19 bits per heavy atom. The van der Waals surface area contributed by atoms with E-state index in [1.807, 2.05) is 13.8 Å². The molecule has 1 aromatic heterocycles. The van der Waals surface area contributed by atoms with Crippen molar-refractivity contribution in [3.05, 3.63) is 11.9 Å². The molecule has 2 amide bonds. The lowest BCUT2D eigenvalue weighted by Gasteiger charge is -2.48. The van der Waals surface area contributed by atoms with Gasteiger partial charge in [-0.2, -0.15) is 0 Å². The number of ether oxygens (including phenoxy) is 9. The summed E-state index contributed by atoms with van der Waals surface area (Å²) in [6.45, 7) is 7.84. The number of likely N-dealkylation sites (N-methyl/N-ethyl adjacent to an activating group) is 1. The van der Waals surface area contributed by atoms with Crippen LogP contribution < -0.4 is 5.32 Å². The predicted octanol–water partition coefficient (Wildman–Crippen LogP) is -0.342. The van der Waals surface area contributed by atoms with Crippen LogP contribution in [0.2, 0.25) is 0 Å². The molecule has 0 aromatic carbocycles. The Labute approximate surface area is 376 Å². The van der Waals surface area contributed by atoms with Crippen molar-refractivity contribution in [3.63, 3.8) is 0 Å². The highest BCUT2D eigenvalue weighted by atomic mass is 16.7. The van der Waals surface area contributed by atoms with Crippen molar-refractivity contribution in [2.24, 2.45) is 11.8 Å². The number of carbonyl (C=O) groups excluding carboxylic acids is 2. The van der Waals surface area contributed by atoms with Crippen molar-refractivity contribution in [3.8, 4) is 0 Å². The molecule has 6 unspecified atom stereocenters. The van der Waals surface area contributed by atoms with Crippen molar-refractivity contribution < 1.29 is 77.8 Å². The number of carbonyl (C=O) groups is 2. The molecule has 2 saturated heterocycles. The van der Waals surface area contributed by atoms with Gasteiger partial charge in [0.25, 0.3) is 5.91 Å². The van der Waals surface area contributed by atoms with Crippen LogP contribution in [0.1, 0.15) is 84.3 Å². The van der Waals surface area contributed by atoms with Gasteiger partial charge in [-0.1, -0.05) is 50.7 Å². The highest BCUT2D eigenvalue weighted by molar-refractivity contribution is 5.80. The first-order valence-electron chi connectivity index (χ1n) is 23.1. The third-order valence-electron chi connectivity index (χ3n) is 12.4. The molecule has 4 fully saturated rings. The molecule has 0 spiro atoms. The summed E-state index contributed by atoms with van der Waals surface area (Å²) in [5.41, 5.74) is 0.477. The van der Waals surface area contributed by atoms with Crippen molar-refractivity contribution in [1.29, 1.82) is 0 Å². The molecule has 0 radical (unpaired) electrons. The van der Waals surface area contributed by atoms with Gasteiger partial charge >= 0.3 is 0 Å². The molecule has 21 nitrogen and oxygen atoms in total. The minimum absolute atomic E-state index is 0.125. The van der Waals surface area contributed by atoms with Gasteiger partial charge in [0.1, 0.15) is 61.0 Å². The lowest BCUT2D eigenvalue weighted by Crippen LogP contribution is -2.67. The number of nitrogens with one attached hydrogen (secondary N) is 1. The zero-order valence-corrected chi connectivity index (χ0v) is 38.2. The average molecular weight is 918 g/mol. The molecule has 2 saturated carbocycles. The van der Waals surface area contributed by atoms with Crippen LogP contribution in [0.5, 0.6) is 0 Å². The minimum atomic E-state index is -1.55. The third kappa shape index (κ3) is 15.3. The number of hydrogen-bond acceptors (Lipinski definition) is 18. The monoisotopic (exact) mass is 918 g/mol. The minimum Gasteiger partial charge on any atom is -0.394 e. The Kier molecular flexibility index (Phi) is 21.9. The van der Waals surface area contributed by atoms with E-state index < -0.39 is 92.2 Å². The van der Waals surface area contributed by atoms with E-state index in [9.17, 15) is 35.1 Å². The van der Waals surface area contributed by atoms with Crippen LogP contribution in [-0.2, 0) is 65.4 Å². The van der Waals surface area contributed by atoms with Gasteiger partial charge in [0, 0.05) is 20.7 Å². The second kappa shape index (κ2) is 26.8. The molecule has 368 valence electrons. The van der Waals surface area contributed by atoms with Crippen molar-refractivity contribution in [2.75, 3.05) is 67.0 Å². The van der Waals surface area contributed by atoms with Gasteiger partial charge < -0.3 is 78.4 Å². The van der Waals surface area contributed by atoms with E-state index in [4.69, 9.17) is 42.6 Å². The van der Waals surface area contributed by atoms with Crippen LogP contribution in [0.4, 0.5) is 0 Å². The van der Waals surface area contributed by atoms with E-state index in [1.165, 1.54) is 9.58 Å². The number of amides is 2. The molecular weight excluding hydrogens is 842 g/mol. The lowest BCUT2D eigenvalue weighted by atomic mass is 9.84. The Bertz CT molecular complexity index is 1510. The van der Waals surface area contributed by atoms with Gasteiger partial charge in [0.2, 0.25) is 5.91 Å². The van der Waals surface area contributed by atoms with Gasteiger partial charge in [-0.15, -0.1) is 5.10 Å². The number of aromatic nitrogens is 3. The standard InChI is InChI=1S/C43H75N5O16/c1-6-56-15-16-57-17-18-58-19-20-59-25-29-22-48(46-45-29)23-33(50)44-34-40(61-31(41(55)47(4)5)21-28-12-8-7-9-13-28)36(52)32(24-49)63-42(34)62-30-14-10-11-26(2)39(30)64-43-38(54)37(53)35(51)27(3)60-43/h22,26-28,30-32,34-40,42-43,49,51-54H,6-21,23-25H2,1-5H3,(H,44,50)/t26-,27?,30-,31+,32?,34?,35?,36+,37+,38+,39?,40?,42-,43+/m1/s1. The maximum Gasteiger partial charge on any atom is 0.251 e. The number of aliphatic hydroxyl groups is 5. The van der Waals surface area contributed by atoms with Crippen molar-refractivity contribution in [1.82, 2.24) is 25.2 Å². The predicted molar refractivity (Wildman–Crippen MR) is 225 cm³/mol. The Morgan fingerprint density at radius 1 is 0.828 bits per heavy atom. The van der Waals surface area contributed by atoms with Crippen LogP contribution in [-0.4, -0.2) is 204 Å². The summed E-state index contributed by atoms with van der Waals surface area (Å²) in [4.78, 5) is 29.2. The Balaban J connectivity index is 1.31. The summed E-state index contributed by atoms with van der Waals surface area (Å²) in [6.07, 6.45) is -5.35. The number of aliphatic hydroxyl groups excluding tert-OH is 5. The lowest BCUT2D eigenvalue weighted by molar-refractivity contribution is -0.336. The summed E-state index contributed by atoms with van der Waals surface area (Å²) < 4.78 is 54.9. The molecule has 2 aliphatic heterocycles. The summed E-state index contributed by atoms with van der Waals surface area (Å²) >= 11 is 0. The molecule has 21 heteroatoms. The maximum absolute atomic E-state index is 14.0. The van der Waals surface area contributed by atoms with Gasteiger partial charge in [0.05, 0.1) is 77.4 Å². The van der Waals surface area contributed by atoms with Gasteiger partial charge in [-0.25, -0.2) is 4.68 Å². The highest BCUT2D eigenvalue weighted by Crippen LogP contribution is 2.36. The fourth-order valence-corrected chi connectivity index (χ4v) is 8.81. The second-order valence-corrected chi connectivity index (χ2v) is 17.6. The van der Waals surface area contributed by atoms with Gasteiger partial charge in [-0.05, 0) is 44.9 Å². The zero-order chi connectivity index (χ0) is 46.2. The molecule has 14 atom stereocenters. The van der Waals surface area contributed by atoms with E-state index in [0.717, 1.165) is 44.9 Å². The van der Waals surface area contributed by atoms with E-state index >= 15 is 0 Å². The molecule has 6 N–H and O–H groups in total. The topological polar surface area (TPSA) is 264 Å². The maximum atomic E-state index is 14.0. The van der Waals surface area contributed by atoms with E-state index in [0.29, 0.717) is 64.8 Å². The molecular formula is C43H75N5O16. The molecule has 5 rings (SSSR count). The summed E-state index contributed by atoms with van der Waals surface area (Å²) in [6, 6.07) is -1.22. The third-order valence-corrected chi connectivity index (χ3v) is 12.4. The smallest absolute Gasteiger partial charge is 0.251 e. The van der Waals surface area contributed by atoms with Crippen molar-refractivity contribution >= 4 is 11.8 Å². The van der Waals surface area contributed by atoms with Gasteiger partial charge in [-0.3, -0.25) is 9.59 Å². The highest BCUT2D eigenvalue weighted by Gasteiger charge is 2.51. The first-order valence-corrected chi connectivity index (χ1v) is 23.1. The van der Waals surface area contributed by atoms with Crippen LogP contribution >= 0.6 is 0 Å². The number of hydrogen-bond donors (Lipinski definition) is 6. The summed E-state index contributed by atoms with van der Waals surface area (Å²) in [5.74, 6) is -0.792. The van der Waals surface area contributed by atoms with Crippen LogP contribution in [0.25, 0.3) is 0 Å². The van der Waals surface area contributed by atoms with E-state index in [-0.39, 0.29) is 30.9 Å². The first kappa shape index (κ1) is 52.5. The number of nitrogens with zero attached hydrogens (tertiary/aromatic N) is 4. The van der Waals surface area contributed by atoms with Crippen molar-refractivity contribution in [2.45, 2.75) is 171 Å². The zero-order valence-electron chi connectivity index (χ0n) is 38.2. The Morgan fingerprint density at radius 2 is 1.52 bits per heavy atom. The average Bonchev–Trinajstić information content (AvgIpc) is 3.73. The molecule has 3 heterocycles. The SMILES string of the molecule is CCOCCOCCOCCOCc1cn(CC(=O)NC2C(O[C@@H](CC3CCCCC3)C(=O)N(C)C)[C@@H](O)C(CO)O[C@H]2O[C@@H]2CCC[C@@H](C)C2O[C@@H]2OC(C)C(O)[C@H](O)[C@@H]2O)nn1.